The van der Waals surface area contributed by atoms with E-state index in [1.165, 1.54) is 55.3 Å². The van der Waals surface area contributed by atoms with Gasteiger partial charge in [-0.3, -0.25) is 0 Å². The predicted molar refractivity (Wildman–Crippen MR) is 311 cm³/mol. The number of anilines is 6. The lowest BCUT2D eigenvalue weighted by atomic mass is 9.83. The topological polar surface area (TPSA) is 35.9 Å². The number of ether oxygens (including phenoxy) is 1. The Morgan fingerprint density at radius 2 is 0.946 bits per heavy atom. The molecule has 74 heavy (non-hydrogen) atoms. The van der Waals surface area contributed by atoms with Crippen molar-refractivity contribution in [3.8, 4) is 33.8 Å². The van der Waals surface area contributed by atoms with E-state index in [4.69, 9.17) is 4.74 Å². The van der Waals surface area contributed by atoms with Gasteiger partial charge < -0.3 is 19.6 Å². The van der Waals surface area contributed by atoms with Gasteiger partial charge >= 0.3 is 0 Å². The number of aromatic hydroxyl groups is 1. The van der Waals surface area contributed by atoms with E-state index in [1.807, 2.05) is 6.07 Å². The van der Waals surface area contributed by atoms with E-state index in [1.54, 1.807) is 0 Å². The summed E-state index contributed by atoms with van der Waals surface area (Å²) in [5.41, 5.74) is 20.6. The highest BCUT2D eigenvalue weighted by atomic mass is 16.5. The van der Waals surface area contributed by atoms with Crippen molar-refractivity contribution in [3.05, 3.63) is 257 Å². The summed E-state index contributed by atoms with van der Waals surface area (Å²) in [6.07, 6.45) is 6.59. The smallest absolute Gasteiger partial charge is 0.148 e. The normalized spacial score (nSPS) is 14.8. The first kappa shape index (κ1) is 45.0. The lowest BCUT2D eigenvalue weighted by Gasteiger charge is -2.31. The summed E-state index contributed by atoms with van der Waals surface area (Å²) < 4.78 is 7.32. The molecule has 2 unspecified atom stereocenters. The highest BCUT2D eigenvalue weighted by Crippen LogP contribution is 2.55. The fourth-order valence-corrected chi connectivity index (χ4v) is 12.0. The minimum absolute atomic E-state index is 0.0774. The molecule has 1 N–H and O–H groups in total. The summed E-state index contributed by atoms with van der Waals surface area (Å²) in [6.45, 7) is 13.0. The van der Waals surface area contributed by atoms with Crippen molar-refractivity contribution in [2.45, 2.75) is 53.6 Å². The number of phenols is 1. The van der Waals surface area contributed by atoms with E-state index in [0.717, 1.165) is 83.5 Å². The first-order valence-electron chi connectivity index (χ1n) is 25.8. The van der Waals surface area contributed by atoms with Crippen molar-refractivity contribution >= 4 is 72.0 Å². The Kier molecular flexibility index (Phi) is 10.8. The number of fused-ring (bicyclic) bond motifs is 3. The molecular weight excluding hydrogens is 901 g/mol. The summed E-state index contributed by atoms with van der Waals surface area (Å²) >= 11 is 0. The molecule has 2 aliphatic rings. The maximum Gasteiger partial charge on any atom is 0.148 e. The van der Waals surface area contributed by atoms with Gasteiger partial charge in [0.15, 0.2) is 0 Å². The van der Waals surface area contributed by atoms with Gasteiger partial charge in [0.1, 0.15) is 17.6 Å². The van der Waals surface area contributed by atoms with Gasteiger partial charge in [-0.15, -0.1) is 0 Å². The van der Waals surface area contributed by atoms with Crippen molar-refractivity contribution in [2.75, 3.05) is 9.80 Å². The van der Waals surface area contributed by atoms with Gasteiger partial charge in [0.05, 0.1) is 22.7 Å². The SMILES string of the molecule is Cc1ccc(C)c(N(c2cccc(-c3cccc(-c4ccccc4C)c3)c2O)c2ccc3ccc4c(N(c5cc(C)ccc5C)c5cccc6c5OC5C(c7ccccc7C)=CC=CC65)ccc5ccc2c3c54)c1. The molecule has 0 radical (unpaired) electrons. The molecule has 4 heteroatoms. The molecule has 2 atom stereocenters. The highest BCUT2D eigenvalue weighted by Gasteiger charge is 2.40. The van der Waals surface area contributed by atoms with E-state index in [9.17, 15) is 5.11 Å². The molecule has 1 aliphatic carbocycles. The number of phenolic OH excluding ortho intramolecular Hbond substituents is 1. The largest absolute Gasteiger partial charge is 0.505 e. The van der Waals surface area contributed by atoms with Crippen LogP contribution in [-0.4, -0.2) is 11.2 Å². The Morgan fingerprint density at radius 1 is 0.419 bits per heavy atom. The number of allylic oxidation sites excluding steroid dienone is 2. The minimum atomic E-state index is -0.152. The van der Waals surface area contributed by atoms with Crippen LogP contribution in [0.15, 0.2) is 212 Å². The van der Waals surface area contributed by atoms with Crippen LogP contribution in [-0.2, 0) is 0 Å². The number of nitrogens with zero attached hydrogens (tertiary/aromatic N) is 2. The summed E-state index contributed by atoms with van der Waals surface area (Å²) in [6, 6.07) is 70.0. The zero-order valence-electron chi connectivity index (χ0n) is 42.6. The second-order valence-electron chi connectivity index (χ2n) is 20.5. The van der Waals surface area contributed by atoms with Crippen LogP contribution in [0.25, 0.3) is 60.1 Å². The fraction of sp³-hybridized carbons (Fsp3) is 0.114. The van der Waals surface area contributed by atoms with Crippen molar-refractivity contribution < 1.29 is 9.84 Å². The van der Waals surface area contributed by atoms with E-state index in [0.29, 0.717) is 5.69 Å². The third-order valence-electron chi connectivity index (χ3n) is 15.7. The van der Waals surface area contributed by atoms with Crippen LogP contribution >= 0.6 is 0 Å². The van der Waals surface area contributed by atoms with Crippen molar-refractivity contribution in [2.24, 2.45) is 0 Å². The van der Waals surface area contributed by atoms with Crippen LogP contribution in [0, 0.1) is 41.5 Å². The van der Waals surface area contributed by atoms with Crippen LogP contribution in [0.5, 0.6) is 11.5 Å². The highest BCUT2D eigenvalue weighted by molar-refractivity contribution is 6.28. The number of para-hydroxylation sites is 2. The molecule has 0 amide bonds. The van der Waals surface area contributed by atoms with E-state index >= 15 is 0 Å². The molecule has 11 aromatic carbocycles. The summed E-state index contributed by atoms with van der Waals surface area (Å²) in [4.78, 5) is 4.73. The molecular formula is C70H56N2O2. The first-order valence-corrected chi connectivity index (χ1v) is 25.8. The van der Waals surface area contributed by atoms with Crippen LogP contribution < -0.4 is 14.5 Å². The Morgan fingerprint density at radius 3 is 1.58 bits per heavy atom. The molecule has 0 bridgehead atoms. The van der Waals surface area contributed by atoms with Crippen LogP contribution in [0.1, 0.15) is 50.4 Å². The average molecular weight is 957 g/mol. The second-order valence-corrected chi connectivity index (χ2v) is 20.5. The standard InChI is InChI=1S/C70H56N2O2/c1-42-27-29-46(5)64(39-42)71(62-25-13-21-54(68(62)73)51-18-11-17-50(41-51)52-19-9-7-15-44(52)3)60-37-33-48-32-36-59-61(38-34-49-31-35-58(60)66(48)67(49)59)72(65-40-43(2)28-30-47(65)6)63-26-14-24-57-56-23-12-22-55(69(56)74-70(57)63)53-20-10-8-16-45(53)4/h7-41,56,69,73H,1-6H3. The zero-order valence-corrected chi connectivity index (χ0v) is 42.6. The molecule has 13 rings (SSSR count). The number of rotatable bonds is 9. The van der Waals surface area contributed by atoms with Crippen molar-refractivity contribution in [3.63, 3.8) is 0 Å². The maximum atomic E-state index is 12.8. The van der Waals surface area contributed by atoms with Gasteiger partial charge in [0.2, 0.25) is 0 Å². The molecule has 11 aromatic rings. The molecule has 358 valence electrons. The van der Waals surface area contributed by atoms with Crippen LogP contribution in [0.2, 0.25) is 0 Å². The Balaban J connectivity index is 1.01. The molecule has 4 nitrogen and oxygen atoms in total. The molecule has 1 heterocycles. The predicted octanol–water partition coefficient (Wildman–Crippen LogP) is 18.9. The van der Waals surface area contributed by atoms with Gasteiger partial charge in [-0.1, -0.05) is 170 Å². The number of hydrogen-bond acceptors (Lipinski definition) is 4. The zero-order chi connectivity index (χ0) is 50.4. The third kappa shape index (κ3) is 7.27. The Hall–Kier alpha value is -8.86. The van der Waals surface area contributed by atoms with Crippen molar-refractivity contribution in [1.29, 1.82) is 0 Å². The molecule has 0 saturated heterocycles. The molecule has 0 saturated carbocycles. The Bertz CT molecular complexity index is 4120. The van der Waals surface area contributed by atoms with Gasteiger partial charge in [-0.05, 0) is 161 Å². The van der Waals surface area contributed by atoms with E-state index in [-0.39, 0.29) is 17.8 Å². The quantitative estimate of drug-likeness (QED) is 0.146. The van der Waals surface area contributed by atoms with Gasteiger partial charge in [-0.25, -0.2) is 0 Å². The third-order valence-corrected chi connectivity index (χ3v) is 15.7. The summed E-state index contributed by atoms with van der Waals surface area (Å²) in [5.74, 6) is 1.21. The minimum Gasteiger partial charge on any atom is -0.505 e. The molecule has 0 aromatic heterocycles. The maximum absolute atomic E-state index is 12.8. The summed E-state index contributed by atoms with van der Waals surface area (Å²) in [5, 5.41) is 19.7. The van der Waals surface area contributed by atoms with Gasteiger partial charge in [0, 0.05) is 44.8 Å². The monoisotopic (exact) mass is 956 g/mol. The van der Waals surface area contributed by atoms with Crippen LogP contribution in [0.3, 0.4) is 0 Å². The van der Waals surface area contributed by atoms with E-state index < -0.39 is 0 Å². The molecule has 1 aliphatic heterocycles. The lowest BCUT2D eigenvalue weighted by molar-refractivity contribution is 0.279. The number of hydrogen-bond donors (Lipinski definition) is 1. The lowest BCUT2D eigenvalue weighted by Crippen LogP contribution is -2.22. The second kappa shape index (κ2) is 17.7. The Labute approximate surface area is 433 Å². The summed E-state index contributed by atoms with van der Waals surface area (Å²) in [7, 11) is 0. The van der Waals surface area contributed by atoms with E-state index in [2.05, 4.69) is 258 Å². The van der Waals surface area contributed by atoms with Crippen LogP contribution in [0.4, 0.5) is 34.1 Å². The first-order chi connectivity index (χ1) is 36.1. The van der Waals surface area contributed by atoms with Gasteiger partial charge in [0.25, 0.3) is 0 Å². The van der Waals surface area contributed by atoms with Crippen molar-refractivity contribution in [1.82, 2.24) is 0 Å². The average Bonchev–Trinajstić information content (AvgIpc) is 3.82. The molecule has 0 spiro atoms. The fourth-order valence-electron chi connectivity index (χ4n) is 12.0. The molecule has 0 fully saturated rings. The van der Waals surface area contributed by atoms with Gasteiger partial charge in [-0.2, -0.15) is 0 Å². The number of benzene rings is 11. The number of aryl methyl sites for hydroxylation is 6.